The molecule has 0 bridgehead atoms. The third-order valence-corrected chi connectivity index (χ3v) is 5.95. The van der Waals surface area contributed by atoms with Gasteiger partial charge in [-0.15, -0.1) is 11.3 Å². The molecule has 0 aliphatic carbocycles. The number of rotatable bonds is 7. The lowest BCUT2D eigenvalue weighted by molar-refractivity contribution is 0.104. The first kappa shape index (κ1) is 19.9. The van der Waals surface area contributed by atoms with E-state index < -0.39 is 0 Å². The molecule has 0 atom stereocenters. The lowest BCUT2D eigenvalue weighted by Gasteiger charge is -2.08. The topological polar surface area (TPSA) is 59.3 Å². The van der Waals surface area contributed by atoms with Crippen molar-refractivity contribution in [1.82, 2.24) is 14.6 Å². The quantitative estimate of drug-likeness (QED) is 0.327. The van der Waals surface area contributed by atoms with Crippen LogP contribution in [0.15, 0.2) is 96.6 Å². The summed E-state index contributed by atoms with van der Waals surface area (Å²) in [6.07, 6.45) is 7.52. The van der Waals surface area contributed by atoms with Crippen LogP contribution in [-0.2, 0) is 0 Å². The van der Waals surface area contributed by atoms with Gasteiger partial charge in [0.15, 0.2) is 5.65 Å². The largest absolute Gasteiger partial charge is 0.382 e. The Morgan fingerprint density at radius 2 is 1.94 bits per heavy atom. The monoisotopic (exact) mass is 436 g/mol. The Labute approximate surface area is 189 Å². The van der Waals surface area contributed by atoms with Gasteiger partial charge in [-0.3, -0.25) is 4.79 Å². The number of aromatic nitrogens is 3. The van der Waals surface area contributed by atoms with E-state index in [-0.39, 0.29) is 5.78 Å². The fourth-order valence-electron chi connectivity index (χ4n) is 3.54. The highest BCUT2D eigenvalue weighted by Gasteiger charge is 2.18. The first-order chi connectivity index (χ1) is 15.8. The molecule has 1 N–H and O–H groups in total. The predicted octanol–water partition coefficient (Wildman–Crippen LogP) is 5.81. The Balaban J connectivity index is 1.38. The van der Waals surface area contributed by atoms with Crippen molar-refractivity contribution in [3.8, 4) is 11.3 Å². The van der Waals surface area contributed by atoms with Gasteiger partial charge in [0.25, 0.3) is 0 Å². The zero-order valence-corrected chi connectivity index (χ0v) is 18.0. The van der Waals surface area contributed by atoms with Crippen LogP contribution in [0.25, 0.3) is 23.0 Å². The summed E-state index contributed by atoms with van der Waals surface area (Å²) in [5, 5.41) is 9.80. The van der Waals surface area contributed by atoms with Crippen LogP contribution in [0, 0.1) is 0 Å². The highest BCUT2D eigenvalue weighted by Crippen LogP contribution is 2.25. The van der Waals surface area contributed by atoms with E-state index in [2.05, 4.69) is 45.8 Å². The van der Waals surface area contributed by atoms with E-state index in [1.54, 1.807) is 16.9 Å². The van der Waals surface area contributed by atoms with Gasteiger partial charge >= 0.3 is 0 Å². The van der Waals surface area contributed by atoms with E-state index in [1.807, 2.05) is 60.0 Å². The van der Waals surface area contributed by atoms with Gasteiger partial charge in [-0.1, -0.05) is 60.7 Å². The summed E-state index contributed by atoms with van der Waals surface area (Å²) in [5.41, 5.74) is 5.12. The van der Waals surface area contributed by atoms with Gasteiger partial charge in [0.2, 0.25) is 5.78 Å². The number of benzene rings is 2. The summed E-state index contributed by atoms with van der Waals surface area (Å²) >= 11 is 1.42. The smallest absolute Gasteiger partial charge is 0.208 e. The highest BCUT2D eigenvalue weighted by molar-refractivity contribution is 7.12. The first-order valence-corrected chi connectivity index (χ1v) is 11.1. The molecular weight excluding hydrogens is 416 g/mol. The van der Waals surface area contributed by atoms with E-state index in [0.29, 0.717) is 22.6 Å². The first-order valence-electron chi connectivity index (χ1n) is 10.3. The van der Waals surface area contributed by atoms with E-state index in [1.165, 1.54) is 16.9 Å². The Morgan fingerprint density at radius 1 is 1.03 bits per heavy atom. The molecule has 5 rings (SSSR count). The highest BCUT2D eigenvalue weighted by atomic mass is 32.1. The molecule has 0 aliphatic heterocycles. The van der Waals surface area contributed by atoms with Crippen molar-refractivity contribution in [2.24, 2.45) is 0 Å². The Morgan fingerprint density at radius 3 is 2.78 bits per heavy atom. The van der Waals surface area contributed by atoms with Gasteiger partial charge in [-0.05, 0) is 35.2 Å². The Bertz CT molecular complexity index is 1390. The van der Waals surface area contributed by atoms with Crippen LogP contribution in [0.5, 0.6) is 0 Å². The standard InChI is InChI=1S/C26H20N4OS/c31-25(24-12-6-16-32-24)22-18-29-30-23(13-15-28-26(22)30)20-10-4-11-21(17-20)27-14-5-9-19-7-2-1-3-8-19/h1-13,15-18,27H,14H2. The third kappa shape index (κ3) is 4.08. The van der Waals surface area contributed by atoms with Crippen molar-refractivity contribution < 1.29 is 4.79 Å². The summed E-state index contributed by atoms with van der Waals surface area (Å²) in [4.78, 5) is 17.9. The second-order valence-corrected chi connectivity index (χ2v) is 8.15. The second kappa shape index (κ2) is 8.99. The van der Waals surface area contributed by atoms with Gasteiger partial charge in [0, 0.05) is 24.0 Å². The molecule has 0 spiro atoms. The summed E-state index contributed by atoms with van der Waals surface area (Å²) in [5.74, 6) is -0.0553. The molecule has 0 amide bonds. The minimum atomic E-state index is -0.0553. The molecule has 2 aromatic carbocycles. The van der Waals surface area contributed by atoms with E-state index in [0.717, 1.165) is 16.9 Å². The number of hydrogen-bond acceptors (Lipinski definition) is 5. The maximum absolute atomic E-state index is 12.8. The van der Waals surface area contributed by atoms with Gasteiger partial charge in [-0.2, -0.15) is 5.10 Å². The number of nitrogens with zero attached hydrogens (tertiary/aromatic N) is 3. The normalized spacial score (nSPS) is 11.2. The predicted molar refractivity (Wildman–Crippen MR) is 130 cm³/mol. The number of hydrogen-bond donors (Lipinski definition) is 1. The van der Waals surface area contributed by atoms with Gasteiger partial charge in [0.05, 0.1) is 22.3 Å². The Kier molecular flexibility index (Phi) is 5.59. The molecule has 6 heteroatoms. The molecule has 5 nitrogen and oxygen atoms in total. The van der Waals surface area contributed by atoms with Crippen LogP contribution >= 0.6 is 11.3 Å². The van der Waals surface area contributed by atoms with Gasteiger partial charge in [0.1, 0.15) is 0 Å². The molecule has 0 fully saturated rings. The minimum absolute atomic E-state index is 0.0553. The van der Waals surface area contributed by atoms with Crippen LogP contribution in [0.4, 0.5) is 5.69 Å². The Hall–Kier alpha value is -4.03. The summed E-state index contributed by atoms with van der Waals surface area (Å²) in [7, 11) is 0. The third-order valence-electron chi connectivity index (χ3n) is 5.08. The molecule has 0 unspecified atom stereocenters. The zero-order valence-electron chi connectivity index (χ0n) is 17.2. The average Bonchev–Trinajstić information content (AvgIpc) is 3.53. The van der Waals surface area contributed by atoms with Gasteiger partial charge in [-0.25, -0.2) is 9.50 Å². The number of carbonyl (C=O) groups excluding carboxylic acids is 1. The summed E-state index contributed by atoms with van der Waals surface area (Å²) < 4.78 is 1.73. The van der Waals surface area contributed by atoms with Crippen molar-refractivity contribution >= 4 is 34.5 Å². The van der Waals surface area contributed by atoms with Crippen LogP contribution in [-0.4, -0.2) is 26.9 Å². The van der Waals surface area contributed by atoms with Crippen molar-refractivity contribution in [2.45, 2.75) is 0 Å². The summed E-state index contributed by atoms with van der Waals surface area (Å²) in [6, 6.07) is 24.0. The molecule has 3 aromatic heterocycles. The number of thiophene rings is 1. The molecular formula is C26H20N4OS. The van der Waals surface area contributed by atoms with E-state index >= 15 is 0 Å². The maximum Gasteiger partial charge on any atom is 0.208 e. The number of carbonyl (C=O) groups is 1. The minimum Gasteiger partial charge on any atom is -0.382 e. The molecule has 0 radical (unpaired) electrons. The SMILES string of the molecule is O=C(c1cccs1)c1cnn2c(-c3cccc(NCC=Cc4ccccc4)c3)ccnc12. The number of ketones is 1. The molecule has 0 saturated carbocycles. The van der Waals surface area contributed by atoms with Crippen molar-refractivity contribution in [3.63, 3.8) is 0 Å². The van der Waals surface area contributed by atoms with Crippen LogP contribution in [0.3, 0.4) is 0 Å². The zero-order chi connectivity index (χ0) is 21.8. The molecule has 0 aliphatic rings. The molecule has 156 valence electrons. The van der Waals surface area contributed by atoms with Crippen LogP contribution in [0.2, 0.25) is 0 Å². The van der Waals surface area contributed by atoms with Gasteiger partial charge < -0.3 is 5.32 Å². The molecule has 32 heavy (non-hydrogen) atoms. The second-order valence-electron chi connectivity index (χ2n) is 7.20. The fourth-order valence-corrected chi connectivity index (χ4v) is 4.21. The van der Waals surface area contributed by atoms with Crippen molar-refractivity contribution in [1.29, 1.82) is 0 Å². The number of nitrogens with one attached hydrogen (secondary N) is 1. The molecule has 3 heterocycles. The fraction of sp³-hybridized carbons (Fsp3) is 0.0385. The lowest BCUT2D eigenvalue weighted by atomic mass is 10.1. The lowest BCUT2D eigenvalue weighted by Crippen LogP contribution is -2.01. The number of anilines is 1. The van der Waals surface area contributed by atoms with E-state index in [4.69, 9.17) is 0 Å². The maximum atomic E-state index is 12.8. The van der Waals surface area contributed by atoms with E-state index in [9.17, 15) is 4.79 Å². The van der Waals surface area contributed by atoms with Crippen molar-refractivity contribution in [3.05, 3.63) is 113 Å². The van der Waals surface area contributed by atoms with Crippen LogP contribution in [0.1, 0.15) is 20.8 Å². The van der Waals surface area contributed by atoms with Crippen LogP contribution < -0.4 is 5.32 Å². The molecule has 0 saturated heterocycles. The summed E-state index contributed by atoms with van der Waals surface area (Å²) in [6.45, 7) is 0.714. The number of fused-ring (bicyclic) bond motifs is 1. The van der Waals surface area contributed by atoms with Crippen molar-refractivity contribution in [2.75, 3.05) is 11.9 Å². The molecule has 5 aromatic rings. The average molecular weight is 437 g/mol.